The molecule has 4 heteroatoms. The molecule has 0 radical (unpaired) electrons. The van der Waals surface area contributed by atoms with Gasteiger partial charge in [0.1, 0.15) is 5.82 Å². The summed E-state index contributed by atoms with van der Waals surface area (Å²) in [4.78, 5) is 11.5. The van der Waals surface area contributed by atoms with Gasteiger partial charge >= 0.3 is 5.97 Å². The van der Waals surface area contributed by atoms with Crippen LogP contribution in [-0.4, -0.2) is 19.6 Å². The molecule has 3 nitrogen and oxygen atoms in total. The molecule has 1 N–H and O–H groups in total. The fourth-order valence-electron chi connectivity index (χ4n) is 1.72. The first-order valence-electron chi connectivity index (χ1n) is 6.30. The molecule has 0 aromatic heterocycles. The third-order valence-corrected chi connectivity index (χ3v) is 2.73. The lowest BCUT2D eigenvalue weighted by atomic mass is 10.1. The Bertz CT molecular complexity index is 393. The molecule has 18 heavy (non-hydrogen) atoms. The van der Waals surface area contributed by atoms with E-state index in [9.17, 15) is 9.18 Å². The van der Waals surface area contributed by atoms with Crippen LogP contribution < -0.4 is 5.32 Å². The number of carbonyl (C=O) groups is 1. The van der Waals surface area contributed by atoms with E-state index in [1.165, 1.54) is 32.1 Å². The fourth-order valence-corrected chi connectivity index (χ4v) is 1.72. The Hall–Kier alpha value is -1.58. The van der Waals surface area contributed by atoms with Crippen LogP contribution in [0.2, 0.25) is 0 Å². The molecule has 0 fully saturated rings. The highest BCUT2D eigenvalue weighted by atomic mass is 19.1. The van der Waals surface area contributed by atoms with E-state index in [1.54, 1.807) is 6.07 Å². The summed E-state index contributed by atoms with van der Waals surface area (Å²) in [7, 11) is 1.29. The number of ether oxygens (including phenoxy) is 1. The van der Waals surface area contributed by atoms with Crippen LogP contribution in [0.4, 0.5) is 10.1 Å². The molecule has 0 bridgehead atoms. The lowest BCUT2D eigenvalue weighted by Crippen LogP contribution is -2.09. The van der Waals surface area contributed by atoms with Gasteiger partial charge in [0.15, 0.2) is 0 Å². The fraction of sp³-hybridized carbons (Fsp3) is 0.500. The van der Waals surface area contributed by atoms with E-state index in [-0.39, 0.29) is 5.56 Å². The summed E-state index contributed by atoms with van der Waals surface area (Å²) in [6.45, 7) is 2.93. The van der Waals surface area contributed by atoms with Crippen LogP contribution in [0, 0.1) is 5.82 Å². The van der Waals surface area contributed by atoms with Gasteiger partial charge in [0.05, 0.1) is 12.7 Å². The number of halogens is 1. The van der Waals surface area contributed by atoms with Crippen molar-refractivity contribution in [3.05, 3.63) is 29.6 Å². The maximum absolute atomic E-state index is 13.1. The second-order valence-electron chi connectivity index (χ2n) is 4.17. The molecule has 0 unspecified atom stereocenters. The van der Waals surface area contributed by atoms with Crippen LogP contribution in [0.15, 0.2) is 18.2 Å². The van der Waals surface area contributed by atoms with E-state index >= 15 is 0 Å². The second-order valence-corrected chi connectivity index (χ2v) is 4.17. The Morgan fingerprint density at radius 2 is 2.11 bits per heavy atom. The minimum absolute atomic E-state index is 0.244. The van der Waals surface area contributed by atoms with Gasteiger partial charge in [0.25, 0.3) is 0 Å². The molecule has 0 saturated heterocycles. The van der Waals surface area contributed by atoms with E-state index in [0.29, 0.717) is 5.69 Å². The Morgan fingerprint density at radius 1 is 1.33 bits per heavy atom. The van der Waals surface area contributed by atoms with Crippen molar-refractivity contribution in [3.63, 3.8) is 0 Å². The van der Waals surface area contributed by atoms with Gasteiger partial charge in [0, 0.05) is 12.2 Å². The number of carbonyl (C=O) groups excluding carboxylic acids is 1. The van der Waals surface area contributed by atoms with Crippen molar-refractivity contribution in [2.75, 3.05) is 19.0 Å². The van der Waals surface area contributed by atoms with Crippen molar-refractivity contribution >= 4 is 11.7 Å². The predicted octanol–water partition coefficient (Wildman–Crippen LogP) is 3.60. The van der Waals surface area contributed by atoms with Gasteiger partial charge in [-0.3, -0.25) is 0 Å². The second kappa shape index (κ2) is 7.69. The number of hydrogen-bond acceptors (Lipinski definition) is 3. The Morgan fingerprint density at radius 3 is 2.78 bits per heavy atom. The van der Waals surface area contributed by atoms with Crippen molar-refractivity contribution in [2.24, 2.45) is 0 Å². The average Bonchev–Trinajstić information content (AvgIpc) is 2.39. The quantitative estimate of drug-likeness (QED) is 0.596. The maximum Gasteiger partial charge on any atom is 0.340 e. The largest absolute Gasteiger partial charge is 0.465 e. The normalized spacial score (nSPS) is 10.2. The zero-order chi connectivity index (χ0) is 13.4. The smallest absolute Gasteiger partial charge is 0.340 e. The summed E-state index contributed by atoms with van der Waals surface area (Å²) in [6, 6.07) is 4.10. The Labute approximate surface area is 107 Å². The maximum atomic E-state index is 13.1. The van der Waals surface area contributed by atoms with Crippen molar-refractivity contribution in [1.82, 2.24) is 0 Å². The van der Waals surface area contributed by atoms with E-state index in [0.717, 1.165) is 19.4 Å². The van der Waals surface area contributed by atoms with Crippen LogP contribution in [0.1, 0.15) is 43.0 Å². The van der Waals surface area contributed by atoms with Gasteiger partial charge < -0.3 is 10.1 Å². The third-order valence-electron chi connectivity index (χ3n) is 2.73. The lowest BCUT2D eigenvalue weighted by molar-refractivity contribution is 0.0601. The van der Waals surface area contributed by atoms with Crippen LogP contribution in [0.3, 0.4) is 0 Å². The summed E-state index contributed by atoms with van der Waals surface area (Å²) in [5.41, 5.74) is 0.868. The van der Waals surface area contributed by atoms with Gasteiger partial charge in [-0.25, -0.2) is 9.18 Å². The molecule has 0 saturated carbocycles. The number of nitrogens with one attached hydrogen (secondary N) is 1. The minimum Gasteiger partial charge on any atom is -0.465 e. The molecule has 0 aliphatic rings. The Kier molecular flexibility index (Phi) is 6.19. The SMILES string of the molecule is CCCCCCNc1ccc(F)cc1C(=O)OC. The number of hydrogen-bond donors (Lipinski definition) is 1. The van der Waals surface area contributed by atoms with Gasteiger partial charge in [-0.15, -0.1) is 0 Å². The molecular formula is C14H20FNO2. The van der Waals surface area contributed by atoms with E-state index in [4.69, 9.17) is 0 Å². The first kappa shape index (κ1) is 14.5. The molecule has 1 rings (SSSR count). The van der Waals surface area contributed by atoms with Crippen LogP contribution in [0.25, 0.3) is 0 Å². The van der Waals surface area contributed by atoms with E-state index in [1.807, 2.05) is 0 Å². The number of benzene rings is 1. The van der Waals surface area contributed by atoms with Gasteiger partial charge in [0.2, 0.25) is 0 Å². The molecule has 1 aromatic rings. The van der Waals surface area contributed by atoms with Crippen LogP contribution in [-0.2, 0) is 4.74 Å². The Balaban J connectivity index is 2.61. The summed E-state index contributed by atoms with van der Waals surface area (Å²) in [6.07, 6.45) is 4.57. The summed E-state index contributed by atoms with van der Waals surface area (Å²) < 4.78 is 17.7. The summed E-state index contributed by atoms with van der Waals surface area (Å²) >= 11 is 0. The van der Waals surface area contributed by atoms with Crippen molar-refractivity contribution in [1.29, 1.82) is 0 Å². The summed E-state index contributed by atoms with van der Waals surface area (Å²) in [5.74, 6) is -0.961. The third kappa shape index (κ3) is 4.35. The predicted molar refractivity (Wildman–Crippen MR) is 70.4 cm³/mol. The van der Waals surface area contributed by atoms with E-state index < -0.39 is 11.8 Å². The number of anilines is 1. The molecule has 0 amide bonds. The van der Waals surface area contributed by atoms with Crippen LogP contribution in [0.5, 0.6) is 0 Å². The van der Waals surface area contributed by atoms with Gasteiger partial charge in [-0.05, 0) is 24.6 Å². The van der Waals surface area contributed by atoms with Crippen molar-refractivity contribution < 1.29 is 13.9 Å². The minimum atomic E-state index is -0.523. The molecule has 1 aromatic carbocycles. The molecule has 0 aliphatic carbocycles. The van der Waals surface area contributed by atoms with Crippen molar-refractivity contribution in [3.8, 4) is 0 Å². The topological polar surface area (TPSA) is 38.3 Å². The monoisotopic (exact) mass is 253 g/mol. The molecule has 0 aliphatic heterocycles. The highest BCUT2D eigenvalue weighted by molar-refractivity contribution is 5.95. The number of unbranched alkanes of at least 4 members (excludes halogenated alkanes) is 3. The highest BCUT2D eigenvalue weighted by Crippen LogP contribution is 2.18. The summed E-state index contributed by atoms with van der Waals surface area (Å²) in [5, 5.41) is 3.15. The molecule has 0 heterocycles. The molecule has 0 spiro atoms. The number of methoxy groups -OCH3 is 1. The number of esters is 1. The van der Waals surface area contributed by atoms with Crippen molar-refractivity contribution in [2.45, 2.75) is 32.6 Å². The van der Waals surface area contributed by atoms with Crippen LogP contribution >= 0.6 is 0 Å². The first-order chi connectivity index (χ1) is 8.69. The number of rotatable bonds is 7. The van der Waals surface area contributed by atoms with E-state index in [2.05, 4.69) is 17.0 Å². The highest BCUT2D eigenvalue weighted by Gasteiger charge is 2.12. The van der Waals surface area contributed by atoms with Gasteiger partial charge in [-0.2, -0.15) is 0 Å². The van der Waals surface area contributed by atoms with Gasteiger partial charge in [-0.1, -0.05) is 26.2 Å². The molecule has 0 atom stereocenters. The zero-order valence-corrected chi connectivity index (χ0v) is 11.0. The molecule has 100 valence electrons. The molecular weight excluding hydrogens is 233 g/mol. The average molecular weight is 253 g/mol. The first-order valence-corrected chi connectivity index (χ1v) is 6.30. The standard InChI is InChI=1S/C14H20FNO2/c1-3-4-5-6-9-16-13-8-7-11(15)10-12(13)14(17)18-2/h7-8,10,16H,3-6,9H2,1-2H3. The zero-order valence-electron chi connectivity index (χ0n) is 11.0. The lowest BCUT2D eigenvalue weighted by Gasteiger charge is -2.10.